The molecule has 17 heavy (non-hydrogen) atoms. The molecule has 0 aliphatic heterocycles. The van der Waals surface area contributed by atoms with Crippen molar-refractivity contribution < 1.29 is 9.90 Å². The zero-order valence-electron chi connectivity index (χ0n) is 10.2. The van der Waals surface area contributed by atoms with Crippen molar-refractivity contribution in [3.05, 3.63) is 34.9 Å². The van der Waals surface area contributed by atoms with Crippen LogP contribution in [0.2, 0.25) is 0 Å². The van der Waals surface area contributed by atoms with Crippen LogP contribution in [0, 0.1) is 0 Å². The van der Waals surface area contributed by atoms with Gasteiger partial charge >= 0.3 is 0 Å². The van der Waals surface area contributed by atoms with E-state index in [4.69, 9.17) is 5.11 Å². The van der Waals surface area contributed by atoms with E-state index in [0.717, 1.165) is 12.0 Å². The Morgan fingerprint density at radius 3 is 2.94 bits per heavy atom. The molecule has 2 N–H and O–H groups in total. The molecule has 1 aromatic rings. The summed E-state index contributed by atoms with van der Waals surface area (Å²) in [5, 5.41) is 11.8. The molecule has 2 rings (SSSR count). The first kappa shape index (κ1) is 12.1. The predicted octanol–water partition coefficient (Wildman–Crippen LogP) is 1.21. The molecule has 1 atom stereocenters. The number of aliphatic hydroxyl groups excluding tert-OH is 1. The largest absolute Gasteiger partial charge is 0.392 e. The fourth-order valence-electron chi connectivity index (χ4n) is 2.24. The van der Waals surface area contributed by atoms with Crippen LogP contribution in [0.4, 0.5) is 0 Å². The molecule has 0 fully saturated rings. The molecular weight excluding hydrogens is 214 g/mol. The molecule has 3 nitrogen and oxygen atoms in total. The fourth-order valence-corrected chi connectivity index (χ4v) is 2.24. The highest BCUT2D eigenvalue weighted by Crippen LogP contribution is 2.22. The Labute approximate surface area is 102 Å². The maximum absolute atomic E-state index is 11.6. The summed E-state index contributed by atoms with van der Waals surface area (Å²) < 4.78 is 0. The quantitative estimate of drug-likeness (QED) is 0.821. The van der Waals surface area contributed by atoms with Gasteiger partial charge in [0.2, 0.25) is 5.91 Å². The number of amides is 1. The lowest BCUT2D eigenvalue weighted by Crippen LogP contribution is -2.31. The van der Waals surface area contributed by atoms with Crippen LogP contribution in [-0.2, 0) is 24.1 Å². The highest BCUT2D eigenvalue weighted by Gasteiger charge is 2.12. The van der Waals surface area contributed by atoms with Gasteiger partial charge in [-0.3, -0.25) is 4.79 Å². The van der Waals surface area contributed by atoms with E-state index < -0.39 is 6.10 Å². The summed E-state index contributed by atoms with van der Waals surface area (Å²) in [5.41, 5.74) is 3.89. The topological polar surface area (TPSA) is 49.3 Å². The third kappa shape index (κ3) is 3.30. The summed E-state index contributed by atoms with van der Waals surface area (Å²) in [5.74, 6) is -0.0242. The van der Waals surface area contributed by atoms with Crippen molar-refractivity contribution in [1.29, 1.82) is 0 Å². The van der Waals surface area contributed by atoms with Crippen LogP contribution in [-0.4, -0.2) is 23.7 Å². The van der Waals surface area contributed by atoms with Gasteiger partial charge in [-0.25, -0.2) is 0 Å². The third-order valence-corrected chi connectivity index (χ3v) is 3.12. The lowest BCUT2D eigenvalue weighted by atomic mass is 10.0. The Hall–Kier alpha value is -1.35. The molecule has 0 saturated heterocycles. The summed E-state index contributed by atoms with van der Waals surface area (Å²) >= 11 is 0. The third-order valence-electron chi connectivity index (χ3n) is 3.12. The maximum atomic E-state index is 11.6. The van der Waals surface area contributed by atoms with Crippen LogP contribution in [0.3, 0.4) is 0 Å². The molecule has 92 valence electrons. The van der Waals surface area contributed by atoms with E-state index in [-0.39, 0.29) is 5.91 Å². The number of carbonyl (C=O) groups excluding carboxylic acids is 1. The number of fused-ring (bicyclic) bond motifs is 1. The fraction of sp³-hybridized carbons (Fsp3) is 0.500. The lowest BCUT2D eigenvalue weighted by molar-refractivity contribution is -0.120. The second-order valence-corrected chi connectivity index (χ2v) is 4.79. The van der Waals surface area contributed by atoms with Crippen molar-refractivity contribution in [2.75, 3.05) is 6.54 Å². The first-order chi connectivity index (χ1) is 8.15. The van der Waals surface area contributed by atoms with Crippen LogP contribution < -0.4 is 5.32 Å². The molecule has 1 aliphatic carbocycles. The standard InChI is InChI=1S/C14H19NO2/c1-10(16)9-15-14(17)8-11-5-6-12-3-2-4-13(12)7-11/h5-7,10,16H,2-4,8-9H2,1H3,(H,15,17). The Balaban J connectivity index is 1.92. The highest BCUT2D eigenvalue weighted by atomic mass is 16.3. The van der Waals surface area contributed by atoms with Gasteiger partial charge in [-0.05, 0) is 42.9 Å². The van der Waals surface area contributed by atoms with Crippen LogP contribution in [0.1, 0.15) is 30.0 Å². The van der Waals surface area contributed by atoms with Crippen molar-refractivity contribution in [1.82, 2.24) is 5.32 Å². The molecule has 0 aromatic heterocycles. The van der Waals surface area contributed by atoms with E-state index in [1.807, 2.05) is 6.07 Å². The second-order valence-electron chi connectivity index (χ2n) is 4.79. The number of nitrogens with one attached hydrogen (secondary N) is 1. The average molecular weight is 233 g/mol. The maximum Gasteiger partial charge on any atom is 0.224 e. The van der Waals surface area contributed by atoms with Crippen molar-refractivity contribution in [3.8, 4) is 0 Å². The van der Waals surface area contributed by atoms with Gasteiger partial charge < -0.3 is 10.4 Å². The van der Waals surface area contributed by atoms with Crippen LogP contribution in [0.5, 0.6) is 0 Å². The zero-order valence-corrected chi connectivity index (χ0v) is 10.2. The van der Waals surface area contributed by atoms with Crippen molar-refractivity contribution >= 4 is 5.91 Å². The van der Waals surface area contributed by atoms with E-state index >= 15 is 0 Å². The number of benzene rings is 1. The normalized spacial score (nSPS) is 15.4. The number of carbonyl (C=O) groups is 1. The number of aliphatic hydroxyl groups is 1. The molecule has 3 heteroatoms. The van der Waals surface area contributed by atoms with Gasteiger partial charge in [-0.1, -0.05) is 18.2 Å². The van der Waals surface area contributed by atoms with Gasteiger partial charge in [0, 0.05) is 6.54 Å². The predicted molar refractivity (Wildman–Crippen MR) is 66.9 cm³/mol. The Bertz CT molecular complexity index is 413. The first-order valence-corrected chi connectivity index (χ1v) is 6.20. The zero-order chi connectivity index (χ0) is 12.3. The number of hydrogen-bond acceptors (Lipinski definition) is 2. The summed E-state index contributed by atoms with van der Waals surface area (Å²) in [6.45, 7) is 1.99. The van der Waals surface area contributed by atoms with Crippen LogP contribution in [0.15, 0.2) is 18.2 Å². The van der Waals surface area contributed by atoms with Crippen LogP contribution in [0.25, 0.3) is 0 Å². The monoisotopic (exact) mass is 233 g/mol. The minimum Gasteiger partial charge on any atom is -0.392 e. The Morgan fingerprint density at radius 2 is 2.18 bits per heavy atom. The molecule has 0 spiro atoms. The van der Waals surface area contributed by atoms with Gasteiger partial charge in [0.05, 0.1) is 12.5 Å². The molecule has 1 amide bonds. The smallest absolute Gasteiger partial charge is 0.224 e. The molecular formula is C14H19NO2. The average Bonchev–Trinajstić information content (AvgIpc) is 2.73. The van der Waals surface area contributed by atoms with E-state index in [9.17, 15) is 4.79 Å². The Kier molecular flexibility index (Phi) is 3.79. The highest BCUT2D eigenvalue weighted by molar-refractivity contribution is 5.78. The summed E-state index contributed by atoms with van der Waals surface area (Å²) in [6, 6.07) is 6.32. The van der Waals surface area contributed by atoms with E-state index in [1.54, 1.807) is 6.92 Å². The summed E-state index contributed by atoms with van der Waals surface area (Å²) in [4.78, 5) is 11.6. The number of hydrogen-bond donors (Lipinski definition) is 2. The molecule has 0 bridgehead atoms. The molecule has 1 unspecified atom stereocenters. The molecule has 1 aliphatic rings. The first-order valence-electron chi connectivity index (χ1n) is 6.20. The number of aryl methyl sites for hydroxylation is 2. The van der Waals surface area contributed by atoms with E-state index in [0.29, 0.717) is 13.0 Å². The van der Waals surface area contributed by atoms with Gasteiger partial charge in [-0.2, -0.15) is 0 Å². The lowest BCUT2D eigenvalue weighted by Gasteiger charge is -2.08. The summed E-state index contributed by atoms with van der Waals surface area (Å²) in [7, 11) is 0. The molecule has 0 radical (unpaired) electrons. The van der Waals surface area contributed by atoms with Gasteiger partial charge in [-0.15, -0.1) is 0 Å². The van der Waals surface area contributed by atoms with Crippen molar-refractivity contribution in [3.63, 3.8) is 0 Å². The minimum atomic E-state index is -0.487. The van der Waals surface area contributed by atoms with Gasteiger partial charge in [0.25, 0.3) is 0 Å². The molecule has 0 heterocycles. The van der Waals surface area contributed by atoms with E-state index in [1.165, 1.54) is 24.0 Å². The SMILES string of the molecule is CC(O)CNC(=O)Cc1ccc2c(c1)CCC2. The van der Waals surface area contributed by atoms with Crippen molar-refractivity contribution in [2.24, 2.45) is 0 Å². The minimum absolute atomic E-state index is 0.0242. The molecule has 0 saturated carbocycles. The van der Waals surface area contributed by atoms with Gasteiger partial charge in [0.1, 0.15) is 0 Å². The van der Waals surface area contributed by atoms with Crippen LogP contribution >= 0.6 is 0 Å². The van der Waals surface area contributed by atoms with E-state index in [2.05, 4.69) is 17.4 Å². The van der Waals surface area contributed by atoms with Gasteiger partial charge in [0.15, 0.2) is 0 Å². The Morgan fingerprint density at radius 1 is 1.41 bits per heavy atom. The summed E-state index contributed by atoms with van der Waals surface area (Å²) in [6.07, 6.45) is 3.45. The number of rotatable bonds is 4. The van der Waals surface area contributed by atoms with Crippen molar-refractivity contribution in [2.45, 2.75) is 38.7 Å². The molecule has 1 aromatic carbocycles. The second kappa shape index (κ2) is 5.32.